The van der Waals surface area contributed by atoms with Crippen LogP contribution in [-0.2, 0) is 10.0 Å². The topological polar surface area (TPSA) is 59.1 Å². The van der Waals surface area contributed by atoms with E-state index < -0.39 is 16.3 Å². The van der Waals surface area contributed by atoms with Gasteiger partial charge in [0.05, 0.1) is 4.90 Å². The molecule has 0 saturated carbocycles. The molecule has 1 heterocycles. The first-order chi connectivity index (χ1) is 9.40. The molecule has 1 aromatic heterocycles. The number of pyridine rings is 1. The Balaban J connectivity index is 2.28. The summed E-state index contributed by atoms with van der Waals surface area (Å²) in [7, 11) is -3.96. The number of nitrogens with one attached hydrogen (secondary N) is 1. The van der Waals surface area contributed by atoms with Crippen LogP contribution in [0, 0.1) is 0 Å². The van der Waals surface area contributed by atoms with Crippen molar-refractivity contribution in [3.8, 4) is 0 Å². The third-order valence-corrected chi connectivity index (χ3v) is 4.58. The summed E-state index contributed by atoms with van der Waals surface area (Å²) in [5.41, 5.74) is -0.0550. The van der Waals surface area contributed by atoms with Crippen LogP contribution in [-0.4, -0.2) is 13.4 Å². The van der Waals surface area contributed by atoms with Crippen molar-refractivity contribution in [3.05, 3.63) is 57.8 Å². The van der Waals surface area contributed by atoms with Crippen molar-refractivity contribution in [3.63, 3.8) is 0 Å². The number of nitrogens with zero attached hydrogens (tertiary/aromatic N) is 1. The number of rotatable bonds is 4. The van der Waals surface area contributed by atoms with Crippen LogP contribution in [0.25, 0.3) is 0 Å². The Bertz CT molecular complexity index is 713. The second kappa shape index (κ2) is 6.17. The molecule has 0 radical (unpaired) electrons. The fourth-order valence-electron chi connectivity index (χ4n) is 1.48. The van der Waals surface area contributed by atoms with Gasteiger partial charge in [-0.2, -0.15) is 4.72 Å². The summed E-state index contributed by atoms with van der Waals surface area (Å²) >= 11 is 8.88. The molecule has 106 valence electrons. The number of sulfonamides is 1. The van der Waals surface area contributed by atoms with Crippen molar-refractivity contribution >= 4 is 37.6 Å². The van der Waals surface area contributed by atoms with Gasteiger partial charge in [0.15, 0.2) is 6.30 Å². The average molecular weight is 380 g/mol. The van der Waals surface area contributed by atoms with Crippen LogP contribution in [0.1, 0.15) is 11.9 Å². The number of hydrogen-bond acceptors (Lipinski definition) is 3. The van der Waals surface area contributed by atoms with E-state index in [9.17, 15) is 12.8 Å². The summed E-state index contributed by atoms with van der Waals surface area (Å²) in [5.74, 6) is 0. The summed E-state index contributed by atoms with van der Waals surface area (Å²) in [4.78, 5) is 3.72. The first-order valence-electron chi connectivity index (χ1n) is 5.42. The van der Waals surface area contributed by atoms with E-state index in [2.05, 4.69) is 20.9 Å². The molecule has 20 heavy (non-hydrogen) atoms. The monoisotopic (exact) mass is 378 g/mol. The Morgan fingerprint density at radius 1 is 1.30 bits per heavy atom. The highest BCUT2D eigenvalue weighted by Crippen LogP contribution is 2.26. The molecule has 1 aromatic carbocycles. The summed E-state index contributed by atoms with van der Waals surface area (Å²) in [5, 5.41) is -0.100. The van der Waals surface area contributed by atoms with Crippen molar-refractivity contribution in [2.75, 3.05) is 0 Å². The normalized spacial score (nSPS) is 13.2. The van der Waals surface area contributed by atoms with Crippen LogP contribution in [0.3, 0.4) is 0 Å². The molecular weight excluding hydrogens is 371 g/mol. The van der Waals surface area contributed by atoms with Crippen LogP contribution in [0.15, 0.2) is 52.0 Å². The molecule has 2 aromatic rings. The average Bonchev–Trinajstić information content (AvgIpc) is 2.42. The molecular formula is C12H9BrClFN2O2S. The maximum Gasteiger partial charge on any atom is 0.243 e. The van der Waals surface area contributed by atoms with Gasteiger partial charge in [-0.1, -0.05) is 29.8 Å². The highest BCUT2D eigenvalue weighted by molar-refractivity contribution is 9.10. The van der Waals surface area contributed by atoms with Gasteiger partial charge < -0.3 is 0 Å². The van der Waals surface area contributed by atoms with Crippen LogP contribution >= 0.6 is 27.5 Å². The fraction of sp³-hybridized carbons (Fsp3) is 0.0833. The van der Waals surface area contributed by atoms with Crippen molar-refractivity contribution in [2.45, 2.75) is 11.2 Å². The summed E-state index contributed by atoms with van der Waals surface area (Å²) in [6, 6.07) is 8.88. The Hall–Kier alpha value is -1.02. The van der Waals surface area contributed by atoms with E-state index in [1.807, 2.05) is 4.72 Å². The molecule has 0 amide bonds. The molecule has 0 spiro atoms. The van der Waals surface area contributed by atoms with Crippen LogP contribution in [0.2, 0.25) is 5.15 Å². The Kier molecular flexibility index (Phi) is 4.74. The minimum absolute atomic E-state index is 0.0262. The Morgan fingerprint density at radius 2 is 1.95 bits per heavy atom. The molecule has 1 N–H and O–H groups in total. The van der Waals surface area contributed by atoms with Crippen LogP contribution in [0.4, 0.5) is 4.39 Å². The zero-order valence-electron chi connectivity index (χ0n) is 9.92. The molecule has 2 rings (SSSR count). The smallest absolute Gasteiger partial charge is 0.243 e. The zero-order chi connectivity index (χ0) is 14.8. The third kappa shape index (κ3) is 3.54. The Morgan fingerprint density at radius 3 is 2.60 bits per heavy atom. The quantitative estimate of drug-likeness (QED) is 0.654. The predicted molar refractivity (Wildman–Crippen MR) is 77.6 cm³/mol. The van der Waals surface area contributed by atoms with Gasteiger partial charge in [-0.25, -0.2) is 17.8 Å². The van der Waals surface area contributed by atoms with Crippen molar-refractivity contribution in [1.82, 2.24) is 9.71 Å². The third-order valence-electron chi connectivity index (χ3n) is 2.42. The maximum atomic E-state index is 14.1. The van der Waals surface area contributed by atoms with Gasteiger partial charge >= 0.3 is 0 Å². The molecule has 1 unspecified atom stereocenters. The van der Waals surface area contributed by atoms with E-state index in [0.29, 0.717) is 4.47 Å². The Labute approximate surface area is 129 Å². The lowest BCUT2D eigenvalue weighted by molar-refractivity contribution is 0.323. The van der Waals surface area contributed by atoms with Gasteiger partial charge in [0.1, 0.15) is 5.15 Å². The molecule has 0 aliphatic heterocycles. The van der Waals surface area contributed by atoms with Gasteiger partial charge in [0.25, 0.3) is 0 Å². The molecule has 8 heteroatoms. The van der Waals surface area contributed by atoms with E-state index >= 15 is 0 Å². The van der Waals surface area contributed by atoms with E-state index in [0.717, 1.165) is 0 Å². The zero-order valence-corrected chi connectivity index (χ0v) is 13.1. The molecule has 0 fully saturated rings. The lowest BCUT2D eigenvalue weighted by Gasteiger charge is -2.12. The van der Waals surface area contributed by atoms with Crippen LogP contribution < -0.4 is 4.72 Å². The SMILES string of the molecule is O=S(=O)(NC(F)c1cc(Br)cnc1Cl)c1ccccc1. The van der Waals surface area contributed by atoms with E-state index in [4.69, 9.17) is 11.6 Å². The van der Waals surface area contributed by atoms with Gasteiger partial charge in [-0.3, -0.25) is 0 Å². The van der Waals surface area contributed by atoms with E-state index in [1.165, 1.54) is 24.4 Å². The van der Waals surface area contributed by atoms with Gasteiger partial charge in [-0.05, 0) is 34.1 Å². The molecule has 0 aliphatic carbocycles. The molecule has 0 saturated heterocycles. The van der Waals surface area contributed by atoms with Gasteiger partial charge in [-0.15, -0.1) is 0 Å². The molecule has 0 bridgehead atoms. The molecule has 4 nitrogen and oxygen atoms in total. The minimum atomic E-state index is -3.96. The highest BCUT2D eigenvalue weighted by atomic mass is 79.9. The lowest BCUT2D eigenvalue weighted by Crippen LogP contribution is -2.26. The van der Waals surface area contributed by atoms with Gasteiger partial charge in [0, 0.05) is 16.2 Å². The number of hydrogen-bond donors (Lipinski definition) is 1. The maximum absolute atomic E-state index is 14.1. The summed E-state index contributed by atoms with van der Waals surface area (Å²) in [6.45, 7) is 0. The number of aromatic nitrogens is 1. The molecule has 0 aliphatic rings. The first-order valence-corrected chi connectivity index (χ1v) is 8.08. The second-order valence-electron chi connectivity index (χ2n) is 3.83. The van der Waals surface area contributed by atoms with Crippen molar-refractivity contribution in [2.24, 2.45) is 0 Å². The second-order valence-corrected chi connectivity index (χ2v) is 6.82. The van der Waals surface area contributed by atoms with Gasteiger partial charge in [0.2, 0.25) is 10.0 Å². The highest BCUT2D eigenvalue weighted by Gasteiger charge is 2.23. The fourth-order valence-corrected chi connectivity index (χ4v) is 3.08. The van der Waals surface area contributed by atoms with Crippen molar-refractivity contribution < 1.29 is 12.8 Å². The minimum Gasteiger partial charge on any atom is -0.243 e. The molecule has 1 atom stereocenters. The van der Waals surface area contributed by atoms with E-state index in [1.54, 1.807) is 18.2 Å². The van der Waals surface area contributed by atoms with E-state index in [-0.39, 0.29) is 15.6 Å². The number of alkyl halides is 1. The number of halogens is 3. The van der Waals surface area contributed by atoms with Crippen molar-refractivity contribution in [1.29, 1.82) is 0 Å². The first kappa shape index (κ1) is 15.4. The number of benzene rings is 1. The summed E-state index contributed by atoms with van der Waals surface area (Å²) < 4.78 is 40.5. The lowest BCUT2D eigenvalue weighted by atomic mass is 10.3. The van der Waals surface area contributed by atoms with Crippen LogP contribution in [0.5, 0.6) is 0 Å². The summed E-state index contributed by atoms with van der Waals surface area (Å²) in [6.07, 6.45) is -0.595. The predicted octanol–water partition coefficient (Wildman–Crippen LogP) is 3.44. The standard InChI is InChI=1S/C12H9BrClFN2O2S/c13-8-6-10(11(14)16-7-8)12(15)17-20(18,19)9-4-2-1-3-5-9/h1-7,12,17H. The largest absolute Gasteiger partial charge is 0.243 e.